The van der Waals surface area contributed by atoms with Gasteiger partial charge in [-0.05, 0) is 60.1 Å². The highest BCUT2D eigenvalue weighted by Crippen LogP contribution is 2.65. The van der Waals surface area contributed by atoms with Crippen molar-refractivity contribution in [1.82, 2.24) is 4.57 Å². The summed E-state index contributed by atoms with van der Waals surface area (Å²) in [5.41, 5.74) is 18.4. The molecule has 5 aromatic carbocycles. The molecule has 0 saturated heterocycles. The molecule has 5 heterocycles. The summed E-state index contributed by atoms with van der Waals surface area (Å²) in [4.78, 5) is 2.89. The van der Waals surface area contributed by atoms with Gasteiger partial charge in [-0.1, -0.05) is 124 Å². The maximum absolute atomic E-state index is 7.47. The van der Waals surface area contributed by atoms with Crippen LogP contribution in [0.2, 0.25) is 0 Å². The van der Waals surface area contributed by atoms with Gasteiger partial charge in [-0.3, -0.25) is 0 Å². The zero-order valence-electron chi connectivity index (χ0n) is 28.5. The number of nitrogens with zero attached hydrogens (tertiary/aromatic N) is 2. The van der Waals surface area contributed by atoms with Crippen LogP contribution in [0.1, 0.15) is 70.1 Å². The van der Waals surface area contributed by atoms with Crippen molar-refractivity contribution in [2.75, 3.05) is 4.90 Å². The predicted octanol–water partition coefficient (Wildman–Crippen LogP) is 9.78. The number of benzene rings is 5. The van der Waals surface area contributed by atoms with E-state index in [0.29, 0.717) is 0 Å². The van der Waals surface area contributed by atoms with Gasteiger partial charge in [0.1, 0.15) is 5.58 Å². The average molecular weight is 633 g/mol. The number of anilines is 1. The van der Waals surface area contributed by atoms with Gasteiger partial charge >= 0.3 is 0 Å². The predicted molar refractivity (Wildman–Crippen MR) is 204 cm³/mol. The lowest BCUT2D eigenvalue weighted by Crippen LogP contribution is -2.60. The lowest BCUT2D eigenvalue weighted by atomic mass is 9.32. The summed E-state index contributed by atoms with van der Waals surface area (Å²) in [5, 5.41) is 3.92. The maximum atomic E-state index is 7.47. The van der Waals surface area contributed by atoms with Crippen molar-refractivity contribution in [2.24, 2.45) is 0 Å². The van der Waals surface area contributed by atoms with Crippen molar-refractivity contribution in [1.29, 1.82) is 0 Å². The summed E-state index contributed by atoms with van der Waals surface area (Å²) in [6, 6.07) is 38.5. The number of rotatable bonds is 1. The zero-order chi connectivity index (χ0) is 32.6. The highest BCUT2D eigenvalue weighted by Gasteiger charge is 2.65. The molecule has 12 rings (SSSR count). The Labute approximate surface area is 286 Å². The Morgan fingerprint density at radius 1 is 0.673 bits per heavy atom. The molecule has 49 heavy (non-hydrogen) atoms. The minimum atomic E-state index is -0.173. The molecule has 2 atom stereocenters. The van der Waals surface area contributed by atoms with Crippen LogP contribution in [-0.2, 0) is 10.8 Å². The van der Waals surface area contributed by atoms with Crippen LogP contribution in [0.3, 0.4) is 0 Å². The molecule has 5 aliphatic rings. The van der Waals surface area contributed by atoms with Crippen molar-refractivity contribution in [3.63, 3.8) is 0 Å². The van der Waals surface area contributed by atoms with E-state index in [-0.39, 0.29) is 23.1 Å². The summed E-state index contributed by atoms with van der Waals surface area (Å²) in [7, 11) is 0. The van der Waals surface area contributed by atoms with Crippen LogP contribution in [0, 0.1) is 0 Å². The summed E-state index contributed by atoms with van der Waals surface area (Å²) < 4.78 is 10.1. The molecule has 2 aliphatic carbocycles. The van der Waals surface area contributed by atoms with Crippen LogP contribution in [0.5, 0.6) is 0 Å². The van der Waals surface area contributed by atoms with E-state index < -0.39 is 0 Å². The van der Waals surface area contributed by atoms with Crippen LogP contribution >= 0.6 is 0 Å². The Balaban J connectivity index is 1.32. The highest BCUT2D eigenvalue weighted by molar-refractivity contribution is 6.96. The molecular formula is C45H37BN2O. The molecule has 0 radical (unpaired) electrons. The Bertz CT molecular complexity index is 2690. The average Bonchev–Trinajstić information content (AvgIpc) is 3.80. The maximum Gasteiger partial charge on any atom is 0.294 e. The Kier molecular flexibility index (Phi) is 4.63. The number of fused-ring (bicyclic) bond motifs is 15. The Morgan fingerprint density at radius 3 is 2.29 bits per heavy atom. The van der Waals surface area contributed by atoms with Gasteiger partial charge in [-0.2, -0.15) is 0 Å². The number of allylic oxidation sites excluding steroid dienone is 1. The quantitative estimate of drug-likeness (QED) is 0.168. The first-order valence-corrected chi connectivity index (χ1v) is 18.2. The van der Waals surface area contributed by atoms with E-state index in [4.69, 9.17) is 4.42 Å². The second-order valence-corrected chi connectivity index (χ2v) is 16.3. The minimum Gasteiger partial charge on any atom is -0.467 e. The molecule has 4 heteroatoms. The van der Waals surface area contributed by atoms with Gasteiger partial charge in [0.15, 0.2) is 0 Å². The van der Waals surface area contributed by atoms with Crippen LogP contribution in [0.25, 0.3) is 55.3 Å². The lowest BCUT2D eigenvalue weighted by Gasteiger charge is -2.52. The Morgan fingerprint density at radius 2 is 1.41 bits per heavy atom. The molecule has 1 fully saturated rings. The molecular weight excluding hydrogens is 595 g/mol. The molecule has 3 nitrogen and oxygen atoms in total. The van der Waals surface area contributed by atoms with E-state index in [2.05, 4.69) is 140 Å². The fourth-order valence-corrected chi connectivity index (χ4v) is 11.6. The molecule has 0 bridgehead atoms. The van der Waals surface area contributed by atoms with Crippen molar-refractivity contribution in [3.8, 4) is 16.8 Å². The summed E-state index contributed by atoms with van der Waals surface area (Å²) in [5.74, 6) is 0. The molecule has 2 unspecified atom stereocenters. The van der Waals surface area contributed by atoms with Gasteiger partial charge in [0.2, 0.25) is 0 Å². The topological polar surface area (TPSA) is 21.3 Å². The number of furan rings is 1. The molecule has 7 aromatic rings. The third-order valence-electron chi connectivity index (χ3n) is 13.9. The van der Waals surface area contributed by atoms with Crippen molar-refractivity contribution in [2.45, 2.75) is 69.7 Å². The first-order valence-electron chi connectivity index (χ1n) is 18.2. The van der Waals surface area contributed by atoms with E-state index in [0.717, 1.165) is 16.8 Å². The third kappa shape index (κ3) is 2.80. The fraction of sp³-hybridized carbons (Fsp3) is 0.244. The number of aromatic nitrogens is 1. The van der Waals surface area contributed by atoms with E-state index >= 15 is 0 Å². The van der Waals surface area contributed by atoms with Crippen LogP contribution in [0.15, 0.2) is 113 Å². The third-order valence-corrected chi connectivity index (χ3v) is 13.9. The normalized spacial score (nSPS) is 23.8. The van der Waals surface area contributed by atoms with Crippen molar-refractivity contribution >= 4 is 62.0 Å². The molecule has 236 valence electrons. The van der Waals surface area contributed by atoms with E-state index in [1.54, 1.807) is 5.56 Å². The highest BCUT2D eigenvalue weighted by atomic mass is 16.3. The monoisotopic (exact) mass is 632 g/mol. The lowest BCUT2D eigenvalue weighted by molar-refractivity contribution is 0.195. The van der Waals surface area contributed by atoms with Gasteiger partial charge in [0.05, 0.1) is 27.9 Å². The zero-order valence-corrected chi connectivity index (χ0v) is 28.5. The molecule has 3 aliphatic heterocycles. The van der Waals surface area contributed by atoms with Gasteiger partial charge in [-0.25, -0.2) is 0 Å². The van der Waals surface area contributed by atoms with Crippen LogP contribution in [-0.4, -0.2) is 16.8 Å². The van der Waals surface area contributed by atoms with E-state index in [1.807, 2.05) is 0 Å². The second kappa shape index (κ2) is 8.42. The largest absolute Gasteiger partial charge is 0.467 e. The first kappa shape index (κ1) is 26.9. The Hall–Kier alpha value is -4.96. The van der Waals surface area contributed by atoms with Gasteiger partial charge < -0.3 is 13.9 Å². The first-order chi connectivity index (χ1) is 23.8. The molecule has 0 spiro atoms. The SMILES string of the molecule is CC1(C)C2=C(c3ccccc31)N1c3c(cc4c5ccccc5n5c4c3B2c2oc3c(-c4ccccc4)cccc3c2-5)C2(C)CCCCC12C. The molecule has 2 aromatic heterocycles. The summed E-state index contributed by atoms with van der Waals surface area (Å²) in [6.07, 6.45) is 4.96. The van der Waals surface area contributed by atoms with Crippen LogP contribution < -0.4 is 16.0 Å². The number of hydrogen-bond donors (Lipinski definition) is 0. The summed E-state index contributed by atoms with van der Waals surface area (Å²) in [6.45, 7) is 10.1. The standard InChI is InChI=1S/C45H37BN2O/c1-43(2)32-21-10-8-18-29(32)37-41(43)46-35-36-31(25-33-39(35)48(37)45(4)24-13-12-23-44(33,45)3)28-17-9-11-22-34(28)47(36)38-30-20-14-19-27(40(30)49-42(38)46)26-15-6-5-7-16-26/h5-11,14-22,25H,12-13,23-24H2,1-4H3. The van der Waals surface area contributed by atoms with E-state index in [1.165, 1.54) is 97.6 Å². The minimum absolute atomic E-state index is 0.0151. The molecule has 0 N–H and O–H groups in total. The van der Waals surface area contributed by atoms with Gasteiger partial charge in [0.25, 0.3) is 6.71 Å². The molecule has 0 amide bonds. The fourth-order valence-electron chi connectivity index (χ4n) is 11.6. The van der Waals surface area contributed by atoms with Gasteiger partial charge in [0, 0.05) is 49.5 Å². The van der Waals surface area contributed by atoms with Gasteiger partial charge in [-0.15, -0.1) is 0 Å². The second-order valence-electron chi connectivity index (χ2n) is 16.3. The van der Waals surface area contributed by atoms with Crippen molar-refractivity contribution in [3.05, 3.63) is 125 Å². The summed E-state index contributed by atoms with van der Waals surface area (Å²) >= 11 is 0. The van der Waals surface area contributed by atoms with Crippen molar-refractivity contribution < 1.29 is 4.42 Å². The smallest absolute Gasteiger partial charge is 0.294 e. The molecule has 1 saturated carbocycles. The van der Waals surface area contributed by atoms with Crippen LogP contribution in [0.4, 0.5) is 5.69 Å². The number of para-hydroxylation sites is 2. The van der Waals surface area contributed by atoms with E-state index in [9.17, 15) is 0 Å². The number of hydrogen-bond acceptors (Lipinski definition) is 2.